The number of aromatic nitrogens is 2. The highest BCUT2D eigenvalue weighted by Gasteiger charge is 2.14. The highest BCUT2D eigenvalue weighted by molar-refractivity contribution is 7.98. The van der Waals surface area contributed by atoms with E-state index in [1.54, 1.807) is 23.7 Å². The Morgan fingerprint density at radius 3 is 2.83 bits per heavy atom. The Morgan fingerprint density at radius 2 is 2.08 bits per heavy atom. The van der Waals surface area contributed by atoms with Crippen molar-refractivity contribution in [3.8, 4) is 11.3 Å². The second-order valence-corrected chi connectivity index (χ2v) is 6.33. The average molecular weight is 363 g/mol. The Kier molecular flexibility index (Phi) is 4.86. The van der Waals surface area contributed by atoms with E-state index in [2.05, 4.69) is 15.3 Å². The fourth-order valence-electron chi connectivity index (χ4n) is 2.01. The molecule has 0 saturated carbocycles. The van der Waals surface area contributed by atoms with Crippen LogP contribution in [0.25, 0.3) is 11.3 Å². The van der Waals surface area contributed by atoms with Crippen molar-refractivity contribution in [2.45, 2.75) is 5.03 Å². The SMILES string of the molecule is CSc1ncccc1C(=O)Nc1nc(-c2ccc(F)c(F)c2)cs1. The molecule has 3 rings (SSSR count). The molecular formula is C16H11F2N3OS2. The second-order valence-electron chi connectivity index (χ2n) is 4.68. The molecule has 0 aliphatic carbocycles. The van der Waals surface area contributed by atoms with E-state index in [0.29, 0.717) is 27.0 Å². The molecule has 1 N–H and O–H groups in total. The number of hydrogen-bond donors (Lipinski definition) is 1. The van der Waals surface area contributed by atoms with E-state index in [4.69, 9.17) is 0 Å². The third-order valence-corrected chi connectivity index (χ3v) is 4.62. The van der Waals surface area contributed by atoms with Crippen LogP contribution < -0.4 is 5.32 Å². The molecule has 0 spiro atoms. The van der Waals surface area contributed by atoms with Gasteiger partial charge in [0, 0.05) is 17.1 Å². The number of carbonyl (C=O) groups excluding carboxylic acids is 1. The molecule has 0 aliphatic heterocycles. The van der Waals surface area contributed by atoms with Gasteiger partial charge in [-0.1, -0.05) is 0 Å². The second kappa shape index (κ2) is 7.06. The zero-order valence-electron chi connectivity index (χ0n) is 12.4. The van der Waals surface area contributed by atoms with E-state index in [1.165, 1.54) is 29.2 Å². The summed E-state index contributed by atoms with van der Waals surface area (Å²) in [6.07, 6.45) is 3.46. The number of carbonyl (C=O) groups is 1. The number of thioether (sulfide) groups is 1. The summed E-state index contributed by atoms with van der Waals surface area (Å²) >= 11 is 2.58. The molecule has 0 aliphatic rings. The lowest BCUT2D eigenvalue weighted by atomic mass is 10.2. The first-order valence-corrected chi connectivity index (χ1v) is 8.90. The number of amides is 1. The van der Waals surface area contributed by atoms with E-state index in [1.807, 2.05) is 6.26 Å². The van der Waals surface area contributed by atoms with Gasteiger partial charge in [-0.05, 0) is 36.6 Å². The molecule has 0 atom stereocenters. The maximum absolute atomic E-state index is 13.3. The molecule has 0 bridgehead atoms. The van der Waals surface area contributed by atoms with Crippen molar-refractivity contribution in [3.05, 3.63) is 59.1 Å². The number of rotatable bonds is 4. The number of hydrogen-bond acceptors (Lipinski definition) is 5. The highest BCUT2D eigenvalue weighted by atomic mass is 32.2. The zero-order valence-corrected chi connectivity index (χ0v) is 14.0. The highest BCUT2D eigenvalue weighted by Crippen LogP contribution is 2.27. The molecule has 0 unspecified atom stereocenters. The van der Waals surface area contributed by atoms with Gasteiger partial charge in [-0.25, -0.2) is 18.7 Å². The van der Waals surface area contributed by atoms with E-state index in [0.717, 1.165) is 12.1 Å². The zero-order chi connectivity index (χ0) is 17.1. The first-order valence-electron chi connectivity index (χ1n) is 6.80. The van der Waals surface area contributed by atoms with Crippen molar-refractivity contribution < 1.29 is 13.6 Å². The summed E-state index contributed by atoms with van der Waals surface area (Å²) in [4.78, 5) is 20.7. The summed E-state index contributed by atoms with van der Waals surface area (Å²) in [7, 11) is 0. The number of anilines is 1. The van der Waals surface area contributed by atoms with Crippen LogP contribution in [0, 0.1) is 11.6 Å². The van der Waals surface area contributed by atoms with Gasteiger partial charge in [0.1, 0.15) is 5.03 Å². The molecule has 2 heterocycles. The van der Waals surface area contributed by atoms with Gasteiger partial charge >= 0.3 is 0 Å². The normalized spacial score (nSPS) is 10.6. The van der Waals surface area contributed by atoms with Crippen molar-refractivity contribution >= 4 is 34.1 Å². The molecule has 0 fully saturated rings. The Labute approximate surface area is 145 Å². The lowest BCUT2D eigenvalue weighted by Gasteiger charge is -2.05. The van der Waals surface area contributed by atoms with Crippen molar-refractivity contribution in [3.63, 3.8) is 0 Å². The third-order valence-electron chi connectivity index (χ3n) is 3.15. The van der Waals surface area contributed by atoms with Crippen molar-refractivity contribution in [2.24, 2.45) is 0 Å². The number of thiazole rings is 1. The fraction of sp³-hybridized carbons (Fsp3) is 0.0625. The van der Waals surface area contributed by atoms with E-state index >= 15 is 0 Å². The van der Waals surface area contributed by atoms with Gasteiger partial charge < -0.3 is 0 Å². The van der Waals surface area contributed by atoms with Crippen LogP contribution in [0.3, 0.4) is 0 Å². The summed E-state index contributed by atoms with van der Waals surface area (Å²) in [5, 5.41) is 5.35. The van der Waals surface area contributed by atoms with Gasteiger partial charge in [0.05, 0.1) is 11.3 Å². The number of benzene rings is 1. The van der Waals surface area contributed by atoms with Crippen LogP contribution >= 0.6 is 23.1 Å². The molecular weight excluding hydrogens is 352 g/mol. The van der Waals surface area contributed by atoms with Crippen LogP contribution in [0.4, 0.5) is 13.9 Å². The Bertz CT molecular complexity index is 899. The van der Waals surface area contributed by atoms with Crippen LogP contribution in [-0.2, 0) is 0 Å². The van der Waals surface area contributed by atoms with Gasteiger partial charge in [-0.15, -0.1) is 23.1 Å². The van der Waals surface area contributed by atoms with Crippen molar-refractivity contribution in [2.75, 3.05) is 11.6 Å². The third kappa shape index (κ3) is 3.44. The van der Waals surface area contributed by atoms with Crippen LogP contribution in [0.5, 0.6) is 0 Å². The summed E-state index contributed by atoms with van der Waals surface area (Å²) in [5.41, 5.74) is 1.36. The molecule has 8 heteroatoms. The van der Waals surface area contributed by atoms with Crippen LogP contribution in [-0.4, -0.2) is 22.1 Å². The predicted octanol–water partition coefficient (Wildman–Crippen LogP) is 4.46. The first-order chi connectivity index (χ1) is 11.6. The smallest absolute Gasteiger partial charge is 0.260 e. The summed E-state index contributed by atoms with van der Waals surface area (Å²) < 4.78 is 26.3. The Hall–Kier alpha value is -2.32. The minimum absolute atomic E-state index is 0.321. The lowest BCUT2D eigenvalue weighted by Crippen LogP contribution is -2.13. The summed E-state index contributed by atoms with van der Waals surface area (Å²) in [6, 6.07) is 6.92. The largest absolute Gasteiger partial charge is 0.298 e. The monoisotopic (exact) mass is 363 g/mol. The van der Waals surface area contributed by atoms with Gasteiger partial charge in [0.2, 0.25) is 0 Å². The summed E-state index contributed by atoms with van der Waals surface area (Å²) in [6.45, 7) is 0. The topological polar surface area (TPSA) is 54.9 Å². The maximum atomic E-state index is 13.3. The van der Waals surface area contributed by atoms with Crippen LogP contribution in [0.2, 0.25) is 0 Å². The Balaban J connectivity index is 1.81. The molecule has 3 aromatic rings. The van der Waals surface area contributed by atoms with Crippen molar-refractivity contribution in [1.29, 1.82) is 0 Å². The standard InChI is InChI=1S/C16H11F2N3OS2/c1-23-15-10(3-2-6-19-15)14(22)21-16-20-13(8-24-16)9-4-5-11(17)12(18)7-9/h2-8H,1H3,(H,20,21,22). The van der Waals surface area contributed by atoms with Crippen LogP contribution in [0.15, 0.2) is 46.9 Å². The van der Waals surface area contributed by atoms with Crippen molar-refractivity contribution in [1.82, 2.24) is 9.97 Å². The number of pyridine rings is 1. The van der Waals surface area contributed by atoms with Gasteiger partial charge in [0.25, 0.3) is 5.91 Å². The van der Waals surface area contributed by atoms with Crippen LogP contribution in [0.1, 0.15) is 10.4 Å². The fourth-order valence-corrected chi connectivity index (χ4v) is 3.27. The molecule has 24 heavy (non-hydrogen) atoms. The predicted molar refractivity (Wildman–Crippen MR) is 91.4 cm³/mol. The minimum Gasteiger partial charge on any atom is -0.298 e. The number of halogens is 2. The molecule has 0 radical (unpaired) electrons. The van der Waals surface area contributed by atoms with Gasteiger partial charge in [-0.3, -0.25) is 10.1 Å². The molecule has 1 amide bonds. The maximum Gasteiger partial charge on any atom is 0.260 e. The average Bonchev–Trinajstić information content (AvgIpc) is 3.05. The first kappa shape index (κ1) is 16.5. The molecule has 2 aromatic heterocycles. The van der Waals surface area contributed by atoms with Gasteiger partial charge in [-0.2, -0.15) is 0 Å². The molecule has 0 saturated heterocycles. The molecule has 1 aromatic carbocycles. The Morgan fingerprint density at radius 1 is 1.25 bits per heavy atom. The minimum atomic E-state index is -0.939. The number of nitrogens with one attached hydrogen (secondary N) is 1. The number of nitrogens with zero attached hydrogens (tertiary/aromatic N) is 2. The molecule has 4 nitrogen and oxygen atoms in total. The van der Waals surface area contributed by atoms with E-state index < -0.39 is 11.6 Å². The lowest BCUT2D eigenvalue weighted by molar-refractivity contribution is 0.102. The van der Waals surface area contributed by atoms with E-state index in [-0.39, 0.29) is 5.91 Å². The van der Waals surface area contributed by atoms with Gasteiger partial charge in [0.15, 0.2) is 16.8 Å². The van der Waals surface area contributed by atoms with E-state index in [9.17, 15) is 13.6 Å². The molecule has 122 valence electrons. The summed E-state index contributed by atoms with van der Waals surface area (Å²) in [5.74, 6) is -2.17. The quantitative estimate of drug-likeness (QED) is 0.696.